The molecule has 13 heteroatoms. The van der Waals surface area contributed by atoms with E-state index in [-0.39, 0.29) is 34.0 Å². The summed E-state index contributed by atoms with van der Waals surface area (Å²) in [7, 11) is -0.105. The predicted molar refractivity (Wildman–Crippen MR) is 172 cm³/mol. The number of carbonyl (C=O) groups is 1. The molecule has 1 atom stereocenters. The van der Waals surface area contributed by atoms with Gasteiger partial charge in [-0.2, -0.15) is 4.31 Å². The number of pyridine rings is 1. The van der Waals surface area contributed by atoms with Crippen LogP contribution in [0, 0.1) is 6.92 Å². The maximum absolute atomic E-state index is 13.9. The number of rotatable bonds is 12. The zero-order chi connectivity index (χ0) is 31.4. The molecule has 2 aromatic carbocycles. The van der Waals surface area contributed by atoms with Crippen molar-refractivity contribution >= 4 is 50.0 Å². The summed E-state index contributed by atoms with van der Waals surface area (Å²) < 4.78 is 37.1. The van der Waals surface area contributed by atoms with Gasteiger partial charge in [0, 0.05) is 47.1 Å². The highest BCUT2D eigenvalue weighted by Crippen LogP contribution is 2.37. The molecule has 0 aliphatic carbocycles. The van der Waals surface area contributed by atoms with Gasteiger partial charge in [0.05, 0.1) is 17.0 Å². The SMILES string of the molecule is Cc1cc(-n2ccnc2)c2cccc(OCc3c(Cl)ccc(S(=O)(=O)N4CCCC4C(=O)NCCCCN(C)C)c3Cl)c2n1. The van der Waals surface area contributed by atoms with E-state index < -0.39 is 16.1 Å². The normalized spacial score (nSPS) is 15.7. The standard InChI is InChI=1S/C31H36Cl2N6O4S/c1-21-18-26(38-17-14-34-20-38)22-8-6-10-27(30(22)36-21)43-19-23-24(32)11-12-28(29(23)33)44(41,42)39-16-7-9-25(39)31(40)35-13-4-5-15-37(2)3/h6,8,10-12,14,17-18,20,25H,4-5,7,9,13,15-16,19H2,1-3H3,(H,35,40). The van der Waals surface area contributed by atoms with Gasteiger partial charge in [-0.25, -0.2) is 18.4 Å². The maximum atomic E-state index is 13.9. The summed E-state index contributed by atoms with van der Waals surface area (Å²) in [5, 5.41) is 4.00. The first-order valence-electron chi connectivity index (χ1n) is 14.5. The molecule has 10 nitrogen and oxygen atoms in total. The molecule has 5 rings (SSSR count). The van der Waals surface area contributed by atoms with Crippen LogP contribution in [-0.4, -0.2) is 77.8 Å². The summed E-state index contributed by atoms with van der Waals surface area (Å²) in [4.78, 5) is 23.9. The molecule has 4 aromatic rings. The van der Waals surface area contributed by atoms with Gasteiger partial charge in [-0.3, -0.25) is 4.79 Å². The number of aryl methyl sites for hydroxylation is 1. The van der Waals surface area contributed by atoms with Crippen LogP contribution in [0.15, 0.2) is 60.0 Å². The lowest BCUT2D eigenvalue weighted by Crippen LogP contribution is -2.46. The number of nitrogens with one attached hydrogen (secondary N) is 1. The largest absolute Gasteiger partial charge is 0.487 e. The lowest BCUT2D eigenvalue weighted by atomic mass is 10.1. The molecule has 44 heavy (non-hydrogen) atoms. The minimum Gasteiger partial charge on any atom is -0.487 e. The van der Waals surface area contributed by atoms with Gasteiger partial charge >= 0.3 is 0 Å². The van der Waals surface area contributed by atoms with Crippen LogP contribution >= 0.6 is 23.2 Å². The van der Waals surface area contributed by atoms with E-state index in [1.54, 1.807) is 18.6 Å². The first-order chi connectivity index (χ1) is 21.1. The van der Waals surface area contributed by atoms with Gasteiger partial charge in [-0.1, -0.05) is 35.3 Å². The second kappa shape index (κ2) is 13.8. The fourth-order valence-electron chi connectivity index (χ4n) is 5.42. The quantitative estimate of drug-likeness (QED) is 0.208. The molecule has 1 saturated heterocycles. The number of benzene rings is 2. The van der Waals surface area contributed by atoms with Crippen LogP contribution < -0.4 is 10.1 Å². The smallest absolute Gasteiger partial charge is 0.245 e. The molecule has 234 valence electrons. The molecular formula is C31H36Cl2N6O4S. The third-order valence-electron chi connectivity index (χ3n) is 7.64. The van der Waals surface area contributed by atoms with Gasteiger partial charge < -0.3 is 19.5 Å². The van der Waals surface area contributed by atoms with E-state index >= 15 is 0 Å². The molecule has 2 aromatic heterocycles. The fraction of sp³-hybridized carbons (Fsp3) is 0.387. The highest BCUT2D eigenvalue weighted by molar-refractivity contribution is 7.89. The number of sulfonamides is 1. The van der Waals surface area contributed by atoms with Gasteiger partial charge in [-0.15, -0.1) is 0 Å². The summed E-state index contributed by atoms with van der Waals surface area (Å²) in [5.41, 5.74) is 2.66. The Labute approximate surface area is 268 Å². The van der Waals surface area contributed by atoms with Crippen LogP contribution in [0.5, 0.6) is 5.75 Å². The molecule has 1 aliphatic rings. The molecule has 1 unspecified atom stereocenters. The Morgan fingerprint density at radius 2 is 2.00 bits per heavy atom. The van der Waals surface area contributed by atoms with Crippen LogP contribution in [0.1, 0.15) is 36.9 Å². The molecular weight excluding hydrogens is 623 g/mol. The van der Waals surface area contributed by atoms with E-state index in [0.29, 0.717) is 36.2 Å². The van der Waals surface area contributed by atoms with Gasteiger partial charge in [0.1, 0.15) is 28.8 Å². The highest BCUT2D eigenvalue weighted by Gasteiger charge is 2.40. The number of amides is 1. The van der Waals surface area contributed by atoms with E-state index in [1.807, 2.05) is 50.0 Å². The van der Waals surface area contributed by atoms with Crippen molar-refractivity contribution in [3.05, 3.63) is 76.4 Å². The Kier molecular flexibility index (Phi) is 10.1. The number of para-hydroxylation sites is 1. The molecule has 1 amide bonds. The minimum absolute atomic E-state index is 0.0317. The van der Waals surface area contributed by atoms with Crippen molar-refractivity contribution in [3.63, 3.8) is 0 Å². The molecule has 1 fully saturated rings. The lowest BCUT2D eigenvalue weighted by molar-refractivity contribution is -0.124. The van der Waals surface area contributed by atoms with Gasteiger partial charge in [0.2, 0.25) is 15.9 Å². The molecule has 3 heterocycles. The van der Waals surface area contributed by atoms with Crippen molar-refractivity contribution < 1.29 is 17.9 Å². The van der Waals surface area contributed by atoms with Gasteiger partial charge in [0.15, 0.2) is 0 Å². The molecule has 0 bridgehead atoms. The average Bonchev–Trinajstić information content (AvgIpc) is 3.70. The number of unbranched alkanes of at least 4 members (excludes halogenated alkanes) is 1. The summed E-state index contributed by atoms with van der Waals surface area (Å²) in [6, 6.07) is 9.66. The molecule has 0 spiro atoms. The molecule has 0 radical (unpaired) electrons. The van der Waals surface area contributed by atoms with Crippen molar-refractivity contribution in [2.75, 3.05) is 33.7 Å². The summed E-state index contributed by atoms with van der Waals surface area (Å²) in [6.07, 6.45) is 8.05. The Bertz CT molecular complexity index is 1750. The molecule has 1 N–H and O–H groups in total. The van der Waals surface area contributed by atoms with Crippen LogP contribution in [0.2, 0.25) is 10.0 Å². The Morgan fingerprint density at radius 3 is 2.75 bits per heavy atom. The maximum Gasteiger partial charge on any atom is 0.245 e. The number of carbonyl (C=O) groups excluding carboxylic acids is 1. The Balaban J connectivity index is 1.36. The number of nitrogens with zero attached hydrogens (tertiary/aromatic N) is 5. The van der Waals surface area contributed by atoms with E-state index in [9.17, 15) is 13.2 Å². The Hall–Kier alpha value is -3.22. The number of aromatic nitrogens is 3. The number of fused-ring (bicyclic) bond motifs is 1. The topological polar surface area (TPSA) is 110 Å². The van der Waals surface area contributed by atoms with Crippen LogP contribution in [0.3, 0.4) is 0 Å². The molecule has 0 saturated carbocycles. The van der Waals surface area contributed by atoms with Gasteiger partial charge in [0.25, 0.3) is 0 Å². The fourth-order valence-corrected chi connectivity index (χ4v) is 7.94. The zero-order valence-corrected chi connectivity index (χ0v) is 27.3. The Morgan fingerprint density at radius 1 is 1.18 bits per heavy atom. The van der Waals surface area contributed by atoms with Crippen molar-refractivity contribution in [2.24, 2.45) is 0 Å². The van der Waals surface area contributed by atoms with Crippen molar-refractivity contribution in [2.45, 2.75) is 50.2 Å². The van der Waals surface area contributed by atoms with Crippen LogP contribution in [-0.2, 0) is 21.4 Å². The van der Waals surface area contributed by atoms with Crippen LogP contribution in [0.25, 0.3) is 16.6 Å². The third-order valence-corrected chi connectivity index (χ3v) is 10.5. The summed E-state index contributed by atoms with van der Waals surface area (Å²) in [6.45, 7) is 3.45. The van der Waals surface area contributed by atoms with Crippen LogP contribution in [0.4, 0.5) is 0 Å². The van der Waals surface area contributed by atoms with Crippen molar-refractivity contribution in [3.8, 4) is 11.4 Å². The second-order valence-corrected chi connectivity index (χ2v) is 13.8. The van der Waals surface area contributed by atoms with Crippen molar-refractivity contribution in [1.29, 1.82) is 0 Å². The van der Waals surface area contributed by atoms with Crippen molar-refractivity contribution in [1.82, 2.24) is 29.1 Å². The van der Waals surface area contributed by atoms with E-state index in [4.69, 9.17) is 32.9 Å². The van der Waals surface area contributed by atoms with E-state index in [0.717, 1.165) is 36.2 Å². The number of ether oxygens (including phenoxy) is 1. The lowest BCUT2D eigenvalue weighted by Gasteiger charge is -2.24. The number of hydrogen-bond donors (Lipinski definition) is 1. The number of imidazole rings is 1. The summed E-state index contributed by atoms with van der Waals surface area (Å²) >= 11 is 13.3. The molecule has 1 aliphatic heterocycles. The highest BCUT2D eigenvalue weighted by atomic mass is 35.5. The minimum atomic E-state index is -4.10. The monoisotopic (exact) mass is 658 g/mol. The number of hydrogen-bond acceptors (Lipinski definition) is 7. The van der Waals surface area contributed by atoms with E-state index in [1.165, 1.54) is 16.4 Å². The average molecular weight is 660 g/mol. The first-order valence-corrected chi connectivity index (χ1v) is 16.7. The van der Waals surface area contributed by atoms with E-state index in [2.05, 4.69) is 15.2 Å². The summed E-state index contributed by atoms with van der Waals surface area (Å²) in [5.74, 6) is 0.202. The first kappa shape index (κ1) is 32.2. The second-order valence-electron chi connectivity index (χ2n) is 11.1. The predicted octanol–water partition coefficient (Wildman–Crippen LogP) is 5.23. The van der Waals surface area contributed by atoms with Gasteiger partial charge in [-0.05, 0) is 77.5 Å². The zero-order valence-electron chi connectivity index (χ0n) is 25.0. The third kappa shape index (κ3) is 6.87. The number of halogens is 2.